The quantitative estimate of drug-likeness (QED) is 0.0757. The highest BCUT2D eigenvalue weighted by Crippen LogP contribution is 2.18. The van der Waals surface area contributed by atoms with Crippen LogP contribution in [0.25, 0.3) is 0 Å². The number of unbranched alkanes of at least 4 members (excludes halogenated alkanes) is 3. The van der Waals surface area contributed by atoms with Crippen LogP contribution in [0.3, 0.4) is 0 Å². The van der Waals surface area contributed by atoms with Crippen molar-refractivity contribution in [1.29, 1.82) is 0 Å². The Balaban J connectivity index is 0. The first-order chi connectivity index (χ1) is 16.7. The first kappa shape index (κ1) is 34.9. The van der Waals surface area contributed by atoms with E-state index < -0.39 is 8.80 Å². The Morgan fingerprint density at radius 1 is 0.686 bits per heavy atom. The molecule has 0 N–H and O–H groups in total. The van der Waals surface area contributed by atoms with Crippen molar-refractivity contribution in [2.45, 2.75) is 65.8 Å². The molecule has 10 heteroatoms. The molecule has 0 aliphatic carbocycles. The average molecular weight is 517 g/mol. The topological polar surface area (TPSA) is 107 Å². The molecule has 0 bridgehead atoms. The molecule has 0 unspecified atom stereocenters. The van der Waals surface area contributed by atoms with Gasteiger partial charge in [-0.2, -0.15) is 0 Å². The van der Waals surface area contributed by atoms with Gasteiger partial charge in [0.2, 0.25) is 0 Å². The predicted octanol–water partition coefficient (Wildman–Crippen LogP) is 4.55. The summed E-state index contributed by atoms with van der Waals surface area (Å²) >= 11 is 0. The lowest BCUT2D eigenvalue weighted by Gasteiger charge is -2.28. The fourth-order valence-electron chi connectivity index (χ4n) is 2.60. The smallest absolute Gasteiger partial charge is 0.463 e. The summed E-state index contributed by atoms with van der Waals surface area (Å²) in [4.78, 5) is 32.5. The van der Waals surface area contributed by atoms with Gasteiger partial charge in [0.15, 0.2) is 0 Å². The third kappa shape index (κ3) is 20.8. The summed E-state index contributed by atoms with van der Waals surface area (Å²) in [6.07, 6.45) is 6.46. The van der Waals surface area contributed by atoms with Crippen LogP contribution >= 0.6 is 0 Å². The molecular weight excluding hydrogens is 472 g/mol. The molecule has 0 saturated heterocycles. The number of ether oxygens (including phenoxy) is 3. The van der Waals surface area contributed by atoms with E-state index in [0.717, 1.165) is 37.8 Å². The summed E-state index contributed by atoms with van der Waals surface area (Å²) in [7, 11) is -2.61. The van der Waals surface area contributed by atoms with Gasteiger partial charge in [-0.1, -0.05) is 19.7 Å². The van der Waals surface area contributed by atoms with E-state index in [-0.39, 0.29) is 17.9 Å². The normalized spacial score (nSPS) is 10.4. The van der Waals surface area contributed by atoms with Gasteiger partial charge >= 0.3 is 26.7 Å². The molecule has 0 aliphatic rings. The maximum Gasteiger partial charge on any atom is 0.501 e. The maximum absolute atomic E-state index is 11.2. The summed E-state index contributed by atoms with van der Waals surface area (Å²) in [6.45, 7) is 20.3. The minimum atomic E-state index is -2.61. The SMILES string of the molecule is C=C(C)C(=O)OCCC[Si](OCC)(OCC)OCC.C=CC(=O)OCCCCCCOC(=O)C=C. The van der Waals surface area contributed by atoms with Crippen LogP contribution in [-0.2, 0) is 41.9 Å². The lowest BCUT2D eigenvalue weighted by Crippen LogP contribution is -2.46. The summed E-state index contributed by atoms with van der Waals surface area (Å²) in [6, 6.07) is 0.645. The van der Waals surface area contributed by atoms with E-state index in [1.165, 1.54) is 0 Å². The molecule has 0 atom stereocenters. The molecule has 0 radical (unpaired) electrons. The highest BCUT2D eigenvalue weighted by Gasteiger charge is 2.39. The number of carbonyl (C=O) groups excluding carboxylic acids is 3. The second-order valence-corrected chi connectivity index (χ2v) is 9.89. The van der Waals surface area contributed by atoms with Crippen LogP contribution in [0.2, 0.25) is 6.04 Å². The van der Waals surface area contributed by atoms with E-state index in [4.69, 9.17) is 27.5 Å². The first-order valence-corrected chi connectivity index (χ1v) is 14.0. The van der Waals surface area contributed by atoms with E-state index in [1.54, 1.807) is 6.92 Å². The van der Waals surface area contributed by atoms with Crippen LogP contribution in [0.4, 0.5) is 0 Å². The zero-order chi connectivity index (χ0) is 27.0. The Labute approximate surface area is 211 Å². The van der Waals surface area contributed by atoms with Gasteiger partial charge in [-0.25, -0.2) is 14.4 Å². The molecule has 0 aromatic carbocycles. The van der Waals surface area contributed by atoms with E-state index in [2.05, 4.69) is 19.7 Å². The standard InChI is InChI=1S/C13H26O5Si.C12H18O4/c1-6-16-19(17-7-2,18-8-3)11-9-10-15-13(14)12(4)5;1-3-11(13)15-9-7-5-6-8-10-16-12(14)4-2/h4,6-11H2,1-3,5H3;3-4H,1-2,5-10H2. The van der Waals surface area contributed by atoms with Crippen molar-refractivity contribution in [3.8, 4) is 0 Å². The van der Waals surface area contributed by atoms with Gasteiger partial charge < -0.3 is 27.5 Å². The summed E-state index contributed by atoms with van der Waals surface area (Å²) < 4.78 is 31.7. The molecule has 0 amide bonds. The molecule has 0 rings (SSSR count). The van der Waals surface area contributed by atoms with Crippen LogP contribution in [0.1, 0.15) is 59.8 Å². The Morgan fingerprint density at radius 3 is 1.43 bits per heavy atom. The molecule has 0 spiro atoms. The Morgan fingerprint density at radius 2 is 1.09 bits per heavy atom. The highest BCUT2D eigenvalue weighted by molar-refractivity contribution is 6.60. The van der Waals surface area contributed by atoms with Crippen molar-refractivity contribution < 1.29 is 41.9 Å². The zero-order valence-corrected chi connectivity index (χ0v) is 22.9. The van der Waals surface area contributed by atoms with Crippen LogP contribution < -0.4 is 0 Å². The van der Waals surface area contributed by atoms with Gasteiger partial charge in [0.25, 0.3) is 0 Å². The van der Waals surface area contributed by atoms with Gasteiger partial charge in [0, 0.05) is 43.6 Å². The van der Waals surface area contributed by atoms with Gasteiger partial charge in [-0.05, 0) is 59.8 Å². The van der Waals surface area contributed by atoms with Crippen LogP contribution in [0.15, 0.2) is 37.5 Å². The second-order valence-electron chi connectivity index (χ2n) is 7.16. The molecular formula is C25H44O9Si. The van der Waals surface area contributed by atoms with Crippen molar-refractivity contribution in [3.63, 3.8) is 0 Å². The van der Waals surface area contributed by atoms with Gasteiger partial charge in [-0.15, -0.1) is 0 Å². The van der Waals surface area contributed by atoms with Crippen molar-refractivity contribution in [1.82, 2.24) is 0 Å². The molecule has 0 heterocycles. The van der Waals surface area contributed by atoms with Crippen molar-refractivity contribution >= 4 is 26.7 Å². The lowest BCUT2D eigenvalue weighted by molar-refractivity contribution is -0.139. The minimum absolute atomic E-state index is 0.327. The number of hydrogen-bond donors (Lipinski definition) is 0. The molecule has 0 aliphatic heterocycles. The van der Waals surface area contributed by atoms with Crippen LogP contribution in [0, 0.1) is 0 Å². The maximum atomic E-state index is 11.2. The lowest BCUT2D eigenvalue weighted by atomic mass is 10.2. The number of rotatable bonds is 20. The number of esters is 3. The molecule has 9 nitrogen and oxygen atoms in total. The third-order valence-corrected chi connectivity index (χ3v) is 7.31. The third-order valence-electron chi connectivity index (χ3n) is 4.16. The van der Waals surface area contributed by atoms with Crippen molar-refractivity contribution in [2.75, 3.05) is 39.6 Å². The monoisotopic (exact) mass is 516 g/mol. The van der Waals surface area contributed by atoms with Gasteiger partial charge in [0.1, 0.15) is 0 Å². The number of carbonyl (C=O) groups is 3. The molecule has 202 valence electrons. The average Bonchev–Trinajstić information content (AvgIpc) is 2.83. The Kier molecular flexibility index (Phi) is 23.4. The van der Waals surface area contributed by atoms with Crippen LogP contribution in [0.5, 0.6) is 0 Å². The fraction of sp³-hybridized carbons (Fsp3) is 0.640. The largest absolute Gasteiger partial charge is 0.501 e. The van der Waals surface area contributed by atoms with E-state index >= 15 is 0 Å². The molecule has 35 heavy (non-hydrogen) atoms. The van der Waals surface area contributed by atoms with Gasteiger partial charge in [0.05, 0.1) is 19.8 Å². The van der Waals surface area contributed by atoms with E-state index in [1.807, 2.05) is 20.8 Å². The Hall–Kier alpha value is -2.27. The highest BCUT2D eigenvalue weighted by atomic mass is 28.4. The Bertz CT molecular complexity index is 591. The molecule has 0 aromatic rings. The zero-order valence-electron chi connectivity index (χ0n) is 21.9. The van der Waals surface area contributed by atoms with E-state index in [0.29, 0.717) is 57.7 Å². The minimum Gasteiger partial charge on any atom is -0.463 e. The first-order valence-electron chi connectivity index (χ1n) is 12.0. The second kappa shape index (κ2) is 23.5. The summed E-state index contributed by atoms with van der Waals surface area (Å²) in [5.74, 6) is -1.14. The van der Waals surface area contributed by atoms with E-state index in [9.17, 15) is 14.4 Å². The number of hydrogen-bond acceptors (Lipinski definition) is 9. The molecule has 0 fully saturated rings. The van der Waals surface area contributed by atoms with Crippen molar-refractivity contribution in [3.05, 3.63) is 37.5 Å². The fourth-order valence-corrected chi connectivity index (χ4v) is 5.18. The molecule has 0 saturated carbocycles. The van der Waals surface area contributed by atoms with Gasteiger partial charge in [-0.3, -0.25) is 0 Å². The molecule has 0 aromatic heterocycles. The summed E-state index contributed by atoms with van der Waals surface area (Å²) in [5, 5.41) is 0. The predicted molar refractivity (Wildman–Crippen MR) is 137 cm³/mol. The summed E-state index contributed by atoms with van der Waals surface area (Å²) in [5.41, 5.74) is 0.405. The van der Waals surface area contributed by atoms with Crippen molar-refractivity contribution in [2.24, 2.45) is 0 Å². The van der Waals surface area contributed by atoms with Crippen LogP contribution in [-0.4, -0.2) is 66.4 Å².